The van der Waals surface area contributed by atoms with Gasteiger partial charge in [0.05, 0.1) is 0 Å². The summed E-state index contributed by atoms with van der Waals surface area (Å²) < 4.78 is 2.09. The molecule has 0 aliphatic carbocycles. The van der Waals surface area contributed by atoms with Crippen LogP contribution in [-0.2, 0) is 18.3 Å². The van der Waals surface area contributed by atoms with Gasteiger partial charge in [-0.1, -0.05) is 0 Å². The normalized spacial score (nSPS) is 20.0. The average molecular weight is 348 g/mol. The van der Waals surface area contributed by atoms with E-state index in [1.165, 1.54) is 12.1 Å². The second-order valence-corrected chi connectivity index (χ2v) is 7.27. The van der Waals surface area contributed by atoms with E-state index in [0.29, 0.717) is 0 Å². The molecule has 3 atom stereocenters. The molecule has 1 saturated heterocycles. The number of hydrogen-bond acceptors (Lipinski definition) is 2. The highest BCUT2D eigenvalue weighted by atomic mass is 16.2. The van der Waals surface area contributed by atoms with Crippen molar-refractivity contribution < 1.29 is 9.59 Å². The molecule has 2 rings (SSSR count). The van der Waals surface area contributed by atoms with Gasteiger partial charge in [-0.3, -0.25) is 4.79 Å². The second kappa shape index (κ2) is 8.92. The molecule has 2 heterocycles. The topological polar surface area (TPSA) is 66.4 Å². The van der Waals surface area contributed by atoms with Crippen LogP contribution in [0.3, 0.4) is 0 Å². The number of carbonyl (C=O) groups excluding carboxylic acids is 2. The molecular formula is C19H32N4O2. The van der Waals surface area contributed by atoms with Crippen LogP contribution in [0.4, 0.5) is 4.79 Å². The molecule has 3 amide bonds. The molecule has 1 aromatic rings. The smallest absolute Gasteiger partial charge is 0.315 e. The lowest BCUT2D eigenvalue weighted by molar-refractivity contribution is -0.136. The first kappa shape index (κ1) is 19.3. The van der Waals surface area contributed by atoms with Crippen LogP contribution in [0.1, 0.15) is 52.1 Å². The molecule has 25 heavy (non-hydrogen) atoms. The van der Waals surface area contributed by atoms with E-state index in [0.717, 1.165) is 32.2 Å². The van der Waals surface area contributed by atoms with Gasteiger partial charge in [-0.25, -0.2) is 4.79 Å². The summed E-state index contributed by atoms with van der Waals surface area (Å²) in [4.78, 5) is 26.6. The first-order valence-electron chi connectivity index (χ1n) is 9.36. The van der Waals surface area contributed by atoms with Gasteiger partial charge in [0.15, 0.2) is 0 Å². The van der Waals surface area contributed by atoms with Crippen LogP contribution in [0.15, 0.2) is 18.3 Å². The number of aromatic nitrogens is 1. The maximum atomic E-state index is 12.5. The summed E-state index contributed by atoms with van der Waals surface area (Å²) in [5.41, 5.74) is 1.25. The van der Waals surface area contributed by atoms with Crippen LogP contribution in [0, 0.1) is 0 Å². The Bertz CT molecular complexity index is 584. The lowest BCUT2D eigenvalue weighted by atomic mass is 10.0. The number of piperidine rings is 1. The number of carbonyl (C=O) groups is 2. The third-order valence-corrected chi connectivity index (χ3v) is 5.07. The number of urea groups is 1. The zero-order valence-corrected chi connectivity index (χ0v) is 15.9. The number of rotatable bonds is 6. The van der Waals surface area contributed by atoms with Crippen LogP contribution in [-0.4, -0.2) is 46.1 Å². The Hall–Kier alpha value is -1.98. The van der Waals surface area contributed by atoms with Crippen LogP contribution in [0.25, 0.3) is 0 Å². The van der Waals surface area contributed by atoms with Crippen molar-refractivity contribution in [3.8, 4) is 0 Å². The molecule has 0 radical (unpaired) electrons. The average Bonchev–Trinajstić information content (AvgIpc) is 2.97. The standard InChI is InChI=1S/C19H32N4O2/c1-14(10-11-17-9-7-12-22(17)4)20-19(25)21-16(3)18(24)23-13-6-5-8-15(23)2/h7,9,12,14-16H,5-6,8,10-11,13H2,1-4H3,(H2,20,21,25)/t14-,15-,16+/m1/s1. The molecule has 1 aliphatic rings. The number of nitrogens with one attached hydrogen (secondary N) is 2. The van der Waals surface area contributed by atoms with Gasteiger partial charge in [0.1, 0.15) is 6.04 Å². The Kier molecular flexibility index (Phi) is 6.91. The monoisotopic (exact) mass is 348 g/mol. The zero-order chi connectivity index (χ0) is 18.4. The summed E-state index contributed by atoms with van der Waals surface area (Å²) in [6.07, 6.45) is 7.05. The Balaban J connectivity index is 1.74. The molecule has 6 heteroatoms. The molecule has 2 N–H and O–H groups in total. The number of amides is 3. The third kappa shape index (κ3) is 5.51. The predicted octanol–water partition coefficient (Wildman–Crippen LogP) is 2.43. The van der Waals surface area contributed by atoms with E-state index in [1.807, 2.05) is 31.1 Å². The van der Waals surface area contributed by atoms with Crippen LogP contribution >= 0.6 is 0 Å². The predicted molar refractivity (Wildman–Crippen MR) is 99.4 cm³/mol. The van der Waals surface area contributed by atoms with Crippen molar-refractivity contribution in [2.24, 2.45) is 7.05 Å². The SMILES string of the molecule is C[C@H](CCc1cccn1C)NC(=O)N[C@@H](C)C(=O)N1CCCC[C@H]1C. The summed E-state index contributed by atoms with van der Waals surface area (Å²) in [6.45, 7) is 6.62. The molecule has 1 aliphatic heterocycles. The summed E-state index contributed by atoms with van der Waals surface area (Å²) in [6, 6.07) is 3.65. The maximum Gasteiger partial charge on any atom is 0.315 e. The van der Waals surface area contributed by atoms with Crippen molar-refractivity contribution in [3.63, 3.8) is 0 Å². The van der Waals surface area contributed by atoms with Gasteiger partial charge in [0.25, 0.3) is 0 Å². The zero-order valence-electron chi connectivity index (χ0n) is 15.9. The van der Waals surface area contributed by atoms with Gasteiger partial charge in [0.2, 0.25) is 5.91 Å². The van der Waals surface area contributed by atoms with Crippen molar-refractivity contribution in [2.45, 2.75) is 71.0 Å². The quantitative estimate of drug-likeness (QED) is 0.829. The summed E-state index contributed by atoms with van der Waals surface area (Å²) in [5, 5.41) is 5.72. The molecule has 140 valence electrons. The minimum absolute atomic E-state index is 0.0128. The summed E-state index contributed by atoms with van der Waals surface area (Å²) in [5.74, 6) is 0.0128. The van der Waals surface area contributed by atoms with Crippen molar-refractivity contribution in [2.75, 3.05) is 6.54 Å². The highest BCUT2D eigenvalue weighted by Crippen LogP contribution is 2.17. The molecule has 6 nitrogen and oxygen atoms in total. The minimum Gasteiger partial charge on any atom is -0.354 e. The number of hydrogen-bond donors (Lipinski definition) is 2. The van der Waals surface area contributed by atoms with Gasteiger partial charge in [-0.2, -0.15) is 0 Å². The van der Waals surface area contributed by atoms with E-state index < -0.39 is 6.04 Å². The Morgan fingerprint density at radius 3 is 2.68 bits per heavy atom. The van der Waals surface area contributed by atoms with Gasteiger partial charge >= 0.3 is 6.03 Å². The van der Waals surface area contributed by atoms with Gasteiger partial charge in [-0.05, 0) is 65.0 Å². The second-order valence-electron chi connectivity index (χ2n) is 7.27. The van der Waals surface area contributed by atoms with Crippen LogP contribution < -0.4 is 10.6 Å². The fourth-order valence-corrected chi connectivity index (χ4v) is 3.39. The Morgan fingerprint density at radius 2 is 2.04 bits per heavy atom. The fourth-order valence-electron chi connectivity index (χ4n) is 3.39. The Labute approximate surface area is 151 Å². The van der Waals surface area contributed by atoms with E-state index in [9.17, 15) is 9.59 Å². The first-order chi connectivity index (χ1) is 11.9. The highest BCUT2D eigenvalue weighted by molar-refractivity contribution is 5.87. The van der Waals surface area contributed by atoms with E-state index in [2.05, 4.69) is 28.2 Å². The number of likely N-dealkylation sites (tertiary alicyclic amines) is 1. The molecule has 0 saturated carbocycles. The van der Waals surface area contributed by atoms with E-state index in [1.54, 1.807) is 6.92 Å². The third-order valence-electron chi connectivity index (χ3n) is 5.07. The van der Waals surface area contributed by atoms with E-state index in [-0.39, 0.29) is 24.0 Å². The molecule has 0 unspecified atom stereocenters. The summed E-state index contributed by atoms with van der Waals surface area (Å²) >= 11 is 0. The number of aryl methyl sites for hydroxylation is 2. The van der Waals surface area contributed by atoms with E-state index in [4.69, 9.17) is 0 Å². The molecule has 1 aromatic heterocycles. The fraction of sp³-hybridized carbons (Fsp3) is 0.684. The number of nitrogens with zero attached hydrogens (tertiary/aromatic N) is 2. The Morgan fingerprint density at radius 1 is 1.28 bits per heavy atom. The van der Waals surface area contributed by atoms with Crippen molar-refractivity contribution in [1.29, 1.82) is 0 Å². The maximum absolute atomic E-state index is 12.5. The molecular weight excluding hydrogens is 316 g/mol. The van der Waals surface area contributed by atoms with Crippen LogP contribution in [0.5, 0.6) is 0 Å². The largest absolute Gasteiger partial charge is 0.354 e. The highest BCUT2D eigenvalue weighted by Gasteiger charge is 2.27. The first-order valence-corrected chi connectivity index (χ1v) is 9.36. The molecule has 0 aromatic carbocycles. The molecule has 0 bridgehead atoms. The van der Waals surface area contributed by atoms with Crippen molar-refractivity contribution >= 4 is 11.9 Å². The lowest BCUT2D eigenvalue weighted by Gasteiger charge is -2.35. The van der Waals surface area contributed by atoms with Crippen LogP contribution in [0.2, 0.25) is 0 Å². The van der Waals surface area contributed by atoms with E-state index >= 15 is 0 Å². The molecule has 0 spiro atoms. The van der Waals surface area contributed by atoms with Gasteiger partial charge in [-0.15, -0.1) is 0 Å². The van der Waals surface area contributed by atoms with Gasteiger partial charge < -0.3 is 20.1 Å². The lowest BCUT2D eigenvalue weighted by Crippen LogP contribution is -2.54. The molecule has 1 fully saturated rings. The van der Waals surface area contributed by atoms with Crippen molar-refractivity contribution in [3.05, 3.63) is 24.0 Å². The summed E-state index contributed by atoms with van der Waals surface area (Å²) in [7, 11) is 2.02. The van der Waals surface area contributed by atoms with Gasteiger partial charge in [0, 0.05) is 37.6 Å². The minimum atomic E-state index is -0.499. The van der Waals surface area contributed by atoms with Crippen molar-refractivity contribution in [1.82, 2.24) is 20.1 Å².